The Morgan fingerprint density at radius 3 is 2.26 bits per heavy atom. The zero-order valence-corrected chi connectivity index (χ0v) is 13.9. The van der Waals surface area contributed by atoms with Crippen molar-refractivity contribution in [1.29, 1.82) is 0 Å². The van der Waals surface area contributed by atoms with E-state index in [1.807, 2.05) is 0 Å². The second-order valence-electron chi connectivity index (χ2n) is 5.37. The van der Waals surface area contributed by atoms with Gasteiger partial charge in [0.05, 0.1) is 0 Å². The number of carbonyl (C=O) groups excluding carboxylic acids is 1. The van der Waals surface area contributed by atoms with Crippen LogP contribution >= 0.6 is 0 Å². The van der Waals surface area contributed by atoms with E-state index in [2.05, 4.69) is 5.16 Å². The minimum atomic E-state index is -0.854. The second-order valence-corrected chi connectivity index (χ2v) is 5.37. The molecule has 0 saturated heterocycles. The summed E-state index contributed by atoms with van der Waals surface area (Å²) < 4.78 is 36.4. The van der Waals surface area contributed by atoms with E-state index in [0.717, 1.165) is 0 Å². The van der Waals surface area contributed by atoms with Crippen LogP contribution in [0.2, 0.25) is 0 Å². The fourth-order valence-corrected chi connectivity index (χ4v) is 2.06. The van der Waals surface area contributed by atoms with Gasteiger partial charge in [-0.25, -0.2) is 13.6 Å². The zero-order valence-electron chi connectivity index (χ0n) is 13.9. The number of nitrogens with two attached hydrogens (primary N) is 1. The van der Waals surface area contributed by atoms with Crippen LogP contribution in [0.15, 0.2) is 70.2 Å². The van der Waals surface area contributed by atoms with Gasteiger partial charge in [0.15, 0.2) is 5.84 Å². The highest BCUT2D eigenvalue weighted by atomic mass is 19.1. The van der Waals surface area contributed by atoms with Crippen molar-refractivity contribution >= 4 is 11.8 Å². The normalized spacial score (nSPS) is 11.3. The van der Waals surface area contributed by atoms with Crippen molar-refractivity contribution in [2.24, 2.45) is 10.9 Å². The Kier molecular flexibility index (Phi) is 5.46. The molecule has 3 rings (SSSR count). The van der Waals surface area contributed by atoms with Gasteiger partial charge >= 0.3 is 5.97 Å². The molecule has 0 atom stereocenters. The molecule has 138 valence electrons. The summed E-state index contributed by atoms with van der Waals surface area (Å²) in [4.78, 5) is 16.7. The van der Waals surface area contributed by atoms with Crippen molar-refractivity contribution in [1.82, 2.24) is 0 Å². The van der Waals surface area contributed by atoms with E-state index < -0.39 is 11.8 Å². The van der Waals surface area contributed by atoms with E-state index in [1.54, 1.807) is 0 Å². The van der Waals surface area contributed by atoms with Crippen LogP contribution in [0.4, 0.5) is 8.78 Å². The number of amidine groups is 1. The van der Waals surface area contributed by atoms with Crippen molar-refractivity contribution in [3.63, 3.8) is 0 Å². The molecule has 0 amide bonds. The lowest BCUT2D eigenvalue weighted by Crippen LogP contribution is -2.15. The van der Waals surface area contributed by atoms with Gasteiger partial charge in [-0.1, -0.05) is 5.16 Å². The Bertz CT molecular complexity index is 951. The third kappa shape index (κ3) is 4.91. The van der Waals surface area contributed by atoms with Crippen LogP contribution in [-0.4, -0.2) is 11.8 Å². The van der Waals surface area contributed by atoms with Crippen molar-refractivity contribution in [2.75, 3.05) is 0 Å². The molecule has 0 aliphatic carbocycles. The van der Waals surface area contributed by atoms with E-state index in [-0.39, 0.29) is 24.0 Å². The molecule has 8 heteroatoms. The van der Waals surface area contributed by atoms with Gasteiger partial charge in [0.2, 0.25) is 5.76 Å². The maximum Gasteiger partial charge on any atom is 0.400 e. The Balaban J connectivity index is 1.57. The third-order valence-corrected chi connectivity index (χ3v) is 3.42. The minimum absolute atomic E-state index is 0.0416. The van der Waals surface area contributed by atoms with Crippen LogP contribution in [0.5, 0.6) is 5.75 Å². The Morgan fingerprint density at radius 2 is 1.59 bits per heavy atom. The fraction of sp³-hybridized carbons (Fsp3) is 0.0526. The number of hydrogen-bond donors (Lipinski definition) is 1. The highest BCUT2D eigenvalue weighted by Gasteiger charge is 2.14. The molecule has 0 radical (unpaired) electrons. The van der Waals surface area contributed by atoms with Gasteiger partial charge in [0.1, 0.15) is 29.8 Å². The largest absolute Gasteiger partial charge is 0.486 e. The number of benzene rings is 2. The molecule has 1 heterocycles. The fourth-order valence-electron chi connectivity index (χ4n) is 2.06. The van der Waals surface area contributed by atoms with Gasteiger partial charge in [-0.3, -0.25) is 0 Å². The van der Waals surface area contributed by atoms with E-state index in [9.17, 15) is 13.6 Å². The number of carbonyl (C=O) groups is 1. The lowest BCUT2D eigenvalue weighted by atomic mass is 10.2. The van der Waals surface area contributed by atoms with E-state index in [4.69, 9.17) is 19.7 Å². The van der Waals surface area contributed by atoms with Gasteiger partial charge in [0.25, 0.3) is 0 Å². The van der Waals surface area contributed by atoms with E-state index >= 15 is 0 Å². The molecule has 6 nitrogen and oxygen atoms in total. The molecule has 27 heavy (non-hydrogen) atoms. The van der Waals surface area contributed by atoms with Crippen LogP contribution in [0, 0.1) is 11.6 Å². The predicted octanol–water partition coefficient (Wildman–Crippen LogP) is 3.61. The van der Waals surface area contributed by atoms with Crippen molar-refractivity contribution in [3.05, 3.63) is 89.4 Å². The van der Waals surface area contributed by atoms with E-state index in [1.165, 1.54) is 60.7 Å². The summed E-state index contributed by atoms with van der Waals surface area (Å²) in [7, 11) is 0. The minimum Gasteiger partial charge on any atom is -0.486 e. The Hall–Kier alpha value is -3.68. The highest BCUT2D eigenvalue weighted by Crippen LogP contribution is 2.15. The second kappa shape index (κ2) is 8.13. The van der Waals surface area contributed by atoms with Crippen molar-refractivity contribution in [2.45, 2.75) is 6.61 Å². The summed E-state index contributed by atoms with van der Waals surface area (Å²) in [6, 6.07) is 13.6. The number of halogens is 2. The van der Waals surface area contributed by atoms with Crippen molar-refractivity contribution in [3.8, 4) is 5.75 Å². The smallest absolute Gasteiger partial charge is 0.400 e. The van der Waals surface area contributed by atoms with Gasteiger partial charge in [0, 0.05) is 5.56 Å². The number of furan rings is 1. The lowest BCUT2D eigenvalue weighted by molar-refractivity contribution is 0.0475. The standard InChI is InChI=1S/C19H14F2N2O4/c20-13-3-1-12(2-4-13)18(22)23-27-19(24)17-10-9-16(26-17)11-25-15-7-5-14(21)6-8-15/h1-10H,11H2,(H2,22,23). The molecule has 1 aromatic heterocycles. The molecule has 2 N–H and O–H groups in total. The molecule has 0 fully saturated rings. The van der Waals surface area contributed by atoms with Gasteiger partial charge < -0.3 is 19.7 Å². The quantitative estimate of drug-likeness (QED) is 0.309. The number of hydrogen-bond acceptors (Lipinski definition) is 5. The van der Waals surface area contributed by atoms with Crippen molar-refractivity contribution < 1.29 is 27.6 Å². The maximum absolute atomic E-state index is 12.9. The summed E-state index contributed by atoms with van der Waals surface area (Å²) in [5, 5.41) is 3.51. The molecule has 0 unspecified atom stereocenters. The number of oxime groups is 1. The third-order valence-electron chi connectivity index (χ3n) is 3.42. The summed E-state index contributed by atoms with van der Waals surface area (Å²) in [5.74, 6) is -1.01. The first-order valence-electron chi connectivity index (χ1n) is 7.79. The number of nitrogens with zero attached hydrogens (tertiary/aromatic N) is 1. The summed E-state index contributed by atoms with van der Waals surface area (Å²) >= 11 is 0. The molecule has 0 aliphatic rings. The molecule has 0 bridgehead atoms. The molecule has 0 aliphatic heterocycles. The Morgan fingerprint density at radius 1 is 0.963 bits per heavy atom. The molecular formula is C19H14F2N2O4. The average Bonchev–Trinajstić information content (AvgIpc) is 3.15. The zero-order chi connectivity index (χ0) is 19.2. The number of rotatable bonds is 6. The van der Waals surface area contributed by atoms with Crippen LogP contribution in [-0.2, 0) is 11.4 Å². The van der Waals surface area contributed by atoms with Crippen LogP contribution in [0.25, 0.3) is 0 Å². The summed E-state index contributed by atoms with van der Waals surface area (Å²) in [6.45, 7) is 0.0416. The molecule has 0 spiro atoms. The summed E-state index contributed by atoms with van der Waals surface area (Å²) in [5.41, 5.74) is 6.07. The molecule has 3 aromatic rings. The Labute approximate surface area is 152 Å². The SMILES string of the molecule is N/C(=N\OC(=O)c1ccc(COc2ccc(F)cc2)o1)c1ccc(F)cc1. The first-order valence-corrected chi connectivity index (χ1v) is 7.79. The summed E-state index contributed by atoms with van der Waals surface area (Å²) in [6.07, 6.45) is 0. The van der Waals surface area contributed by atoms with Crippen LogP contribution in [0.1, 0.15) is 21.9 Å². The molecule has 0 saturated carbocycles. The van der Waals surface area contributed by atoms with Gasteiger partial charge in [-0.2, -0.15) is 0 Å². The van der Waals surface area contributed by atoms with Gasteiger partial charge in [-0.05, 0) is 60.7 Å². The molecule has 2 aromatic carbocycles. The maximum atomic E-state index is 12.9. The highest BCUT2D eigenvalue weighted by molar-refractivity contribution is 5.97. The lowest BCUT2D eigenvalue weighted by Gasteiger charge is -2.03. The van der Waals surface area contributed by atoms with Crippen LogP contribution < -0.4 is 10.5 Å². The average molecular weight is 372 g/mol. The first kappa shape index (κ1) is 18.1. The van der Waals surface area contributed by atoms with Crippen LogP contribution in [0.3, 0.4) is 0 Å². The monoisotopic (exact) mass is 372 g/mol. The topological polar surface area (TPSA) is 87.1 Å². The number of ether oxygens (including phenoxy) is 1. The molecular weight excluding hydrogens is 358 g/mol. The van der Waals surface area contributed by atoms with E-state index in [0.29, 0.717) is 17.1 Å². The first-order chi connectivity index (χ1) is 13.0. The predicted molar refractivity (Wildman–Crippen MR) is 92.0 cm³/mol. The van der Waals surface area contributed by atoms with Gasteiger partial charge in [-0.15, -0.1) is 0 Å².